The van der Waals surface area contributed by atoms with E-state index in [0.29, 0.717) is 22.2 Å². The fourth-order valence-corrected chi connectivity index (χ4v) is 2.24. The van der Waals surface area contributed by atoms with Crippen LogP contribution in [0.2, 0.25) is 5.02 Å². The summed E-state index contributed by atoms with van der Waals surface area (Å²) in [6.07, 6.45) is 1.42. The molecule has 2 aromatic heterocycles. The van der Waals surface area contributed by atoms with Gasteiger partial charge in [0.2, 0.25) is 11.6 Å². The molecule has 3 N–H and O–H groups in total. The Morgan fingerprint density at radius 1 is 1.44 bits per heavy atom. The Morgan fingerprint density at radius 2 is 2.30 bits per heavy atom. The topological polar surface area (TPSA) is 150 Å². The Hall–Kier alpha value is -3.84. The summed E-state index contributed by atoms with van der Waals surface area (Å²) in [7, 11) is 0. The molecule has 0 saturated carbocycles. The molecule has 11 heteroatoms. The number of carboxylic acid groups (broad SMARTS) is 1. The lowest BCUT2D eigenvalue weighted by molar-refractivity contribution is 0.0658. The molecule has 0 aliphatic carbocycles. The summed E-state index contributed by atoms with van der Waals surface area (Å²) >= 11 is 6.18. The van der Waals surface area contributed by atoms with Gasteiger partial charge in [-0.05, 0) is 35.5 Å². The predicted molar refractivity (Wildman–Crippen MR) is 92.8 cm³/mol. The quantitative estimate of drug-likeness (QED) is 0.520. The van der Waals surface area contributed by atoms with E-state index in [1.54, 1.807) is 18.2 Å². The second kappa shape index (κ2) is 8.03. The van der Waals surface area contributed by atoms with Crippen LogP contribution in [-0.2, 0) is 6.61 Å². The molecular formula is C16H11ClN6O4. The van der Waals surface area contributed by atoms with E-state index in [2.05, 4.69) is 25.9 Å². The fraction of sp³-hybridized carbons (Fsp3) is 0.0625. The second-order valence-electron chi connectivity index (χ2n) is 5.05. The molecule has 1 aromatic carbocycles. The first-order chi connectivity index (χ1) is 13.1. The lowest BCUT2D eigenvalue weighted by atomic mass is 10.2. The highest BCUT2D eigenvalue weighted by Gasteiger charge is 2.11. The first-order valence-corrected chi connectivity index (χ1v) is 7.79. The van der Waals surface area contributed by atoms with Crippen molar-refractivity contribution in [2.75, 3.05) is 5.32 Å². The summed E-state index contributed by atoms with van der Waals surface area (Å²) in [6, 6.07) is 9.73. The van der Waals surface area contributed by atoms with Crippen LogP contribution in [0.3, 0.4) is 0 Å². The number of tetrazole rings is 1. The number of aromatic carboxylic acids is 1. The van der Waals surface area contributed by atoms with Crippen molar-refractivity contribution in [3.63, 3.8) is 0 Å². The number of hydrogen-bond acceptors (Lipinski definition) is 8. The molecule has 0 unspecified atom stereocenters. The number of benzene rings is 1. The molecule has 3 aromatic rings. The molecule has 0 fully saturated rings. The minimum absolute atomic E-state index is 0.0239. The third-order valence-corrected chi connectivity index (χ3v) is 3.56. The van der Waals surface area contributed by atoms with Crippen LogP contribution in [0.4, 0.5) is 5.69 Å². The van der Waals surface area contributed by atoms with Gasteiger partial charge in [0.25, 0.3) is 0 Å². The van der Waals surface area contributed by atoms with Gasteiger partial charge < -0.3 is 19.6 Å². The zero-order valence-corrected chi connectivity index (χ0v) is 14.3. The highest BCUT2D eigenvalue weighted by Crippen LogP contribution is 2.28. The van der Waals surface area contributed by atoms with Gasteiger partial charge in [-0.15, -0.1) is 10.2 Å². The summed E-state index contributed by atoms with van der Waals surface area (Å²) in [5, 5.41) is 34.3. The number of hydrogen-bond donors (Lipinski definition) is 3. The smallest absolute Gasteiger partial charge is 0.371 e. The molecule has 0 saturated heterocycles. The molecule has 0 spiro atoms. The van der Waals surface area contributed by atoms with Crippen LogP contribution in [0.1, 0.15) is 22.1 Å². The van der Waals surface area contributed by atoms with Crippen LogP contribution in [-0.4, -0.2) is 31.7 Å². The molecule has 2 heterocycles. The Bertz CT molecular complexity index is 1020. The summed E-state index contributed by atoms with van der Waals surface area (Å²) < 4.78 is 10.6. The fourth-order valence-electron chi connectivity index (χ4n) is 2.01. The van der Waals surface area contributed by atoms with Crippen molar-refractivity contribution in [3.05, 3.63) is 58.9 Å². The molecule has 0 atom stereocenters. The van der Waals surface area contributed by atoms with E-state index in [1.165, 1.54) is 18.3 Å². The van der Waals surface area contributed by atoms with E-state index < -0.39 is 5.97 Å². The largest absolute Gasteiger partial charge is 0.484 e. The molecule has 27 heavy (non-hydrogen) atoms. The van der Waals surface area contributed by atoms with Gasteiger partial charge in [0.05, 0.1) is 5.02 Å². The minimum atomic E-state index is -1.15. The van der Waals surface area contributed by atoms with Crippen LogP contribution in [0.5, 0.6) is 5.75 Å². The monoisotopic (exact) mass is 386 g/mol. The number of H-pyrrole nitrogens is 1. The van der Waals surface area contributed by atoms with Gasteiger partial charge in [-0.2, -0.15) is 10.5 Å². The van der Waals surface area contributed by atoms with E-state index in [9.17, 15) is 4.79 Å². The number of aromatic amines is 1. The lowest BCUT2D eigenvalue weighted by Crippen LogP contribution is -1.97. The van der Waals surface area contributed by atoms with Crippen LogP contribution < -0.4 is 10.1 Å². The van der Waals surface area contributed by atoms with Crippen LogP contribution in [0.25, 0.3) is 5.57 Å². The second-order valence-corrected chi connectivity index (χ2v) is 5.46. The summed E-state index contributed by atoms with van der Waals surface area (Å²) in [6.45, 7) is 0.0239. The lowest BCUT2D eigenvalue weighted by Gasteiger charge is -2.08. The molecule has 136 valence electrons. The third kappa shape index (κ3) is 4.42. The average Bonchev–Trinajstić information content (AvgIpc) is 3.34. The summed E-state index contributed by atoms with van der Waals surface area (Å²) in [5.41, 5.74) is 0.794. The van der Waals surface area contributed by atoms with Crippen molar-refractivity contribution in [2.24, 2.45) is 0 Å². The zero-order valence-electron chi connectivity index (χ0n) is 13.5. The van der Waals surface area contributed by atoms with Crippen molar-refractivity contribution in [1.29, 1.82) is 5.26 Å². The number of aromatic nitrogens is 4. The van der Waals surface area contributed by atoms with Crippen LogP contribution in [0, 0.1) is 11.3 Å². The van der Waals surface area contributed by atoms with Gasteiger partial charge in [0.15, 0.2) is 0 Å². The van der Waals surface area contributed by atoms with E-state index >= 15 is 0 Å². The number of carboxylic acids is 1. The normalized spacial score (nSPS) is 11.0. The van der Waals surface area contributed by atoms with Gasteiger partial charge in [-0.1, -0.05) is 11.6 Å². The van der Waals surface area contributed by atoms with Gasteiger partial charge >= 0.3 is 5.97 Å². The maximum atomic E-state index is 10.8. The number of allylic oxidation sites excluding steroid dienone is 1. The first-order valence-electron chi connectivity index (χ1n) is 7.42. The Labute approximate surface area is 157 Å². The van der Waals surface area contributed by atoms with Crippen molar-refractivity contribution in [2.45, 2.75) is 6.61 Å². The molecule has 0 amide bonds. The number of nitrogens with one attached hydrogen (secondary N) is 2. The Balaban J connectivity index is 1.64. The summed E-state index contributed by atoms with van der Waals surface area (Å²) in [5.74, 6) is -0.415. The maximum Gasteiger partial charge on any atom is 0.371 e. The average molecular weight is 387 g/mol. The van der Waals surface area contributed by atoms with Crippen LogP contribution >= 0.6 is 11.6 Å². The Morgan fingerprint density at radius 3 is 2.93 bits per heavy atom. The molecule has 0 aliphatic rings. The van der Waals surface area contributed by atoms with Crippen molar-refractivity contribution < 1.29 is 19.1 Å². The third-order valence-electron chi connectivity index (χ3n) is 3.26. The molecule has 3 rings (SSSR count). The van der Waals surface area contributed by atoms with E-state index in [0.717, 1.165) is 0 Å². The highest BCUT2D eigenvalue weighted by atomic mass is 35.5. The number of nitrogens with zero attached hydrogens (tertiary/aromatic N) is 4. The number of carbonyl (C=O) groups is 1. The van der Waals surface area contributed by atoms with Crippen molar-refractivity contribution >= 4 is 28.8 Å². The molecule has 0 bridgehead atoms. The number of rotatable bonds is 7. The van der Waals surface area contributed by atoms with Gasteiger partial charge in [0, 0.05) is 11.9 Å². The number of halogens is 1. The molecule has 0 aliphatic heterocycles. The number of ether oxygens (including phenoxy) is 1. The van der Waals surface area contributed by atoms with Gasteiger partial charge in [-0.25, -0.2) is 4.79 Å². The van der Waals surface area contributed by atoms with Crippen LogP contribution in [0.15, 0.2) is 40.9 Å². The molecular weight excluding hydrogens is 376 g/mol. The summed E-state index contributed by atoms with van der Waals surface area (Å²) in [4.78, 5) is 10.8. The maximum absolute atomic E-state index is 10.8. The predicted octanol–water partition coefficient (Wildman–Crippen LogP) is 2.70. The molecule has 10 nitrogen and oxygen atoms in total. The zero-order chi connectivity index (χ0) is 19.2. The van der Waals surface area contributed by atoms with Gasteiger partial charge in [0.1, 0.15) is 29.8 Å². The minimum Gasteiger partial charge on any atom is -0.484 e. The standard InChI is InChI=1S/C16H11ClN6O4/c17-12-5-10(19-7-9(6-18)15-20-22-23-21-15)1-3-13(12)26-8-11-2-4-14(27-11)16(24)25/h1-5,7,19H,8H2,(H,24,25)(H,20,21,22,23). The SMILES string of the molecule is N#CC(=CNc1ccc(OCc2ccc(C(=O)O)o2)c(Cl)c1)c1nn[nH]n1. The Kier molecular flexibility index (Phi) is 5.34. The number of anilines is 1. The van der Waals surface area contributed by atoms with E-state index in [1.807, 2.05) is 6.07 Å². The highest BCUT2D eigenvalue weighted by molar-refractivity contribution is 6.32. The van der Waals surface area contributed by atoms with E-state index in [4.69, 9.17) is 31.1 Å². The number of furan rings is 1. The van der Waals surface area contributed by atoms with E-state index in [-0.39, 0.29) is 23.8 Å². The van der Waals surface area contributed by atoms with Crippen molar-refractivity contribution in [1.82, 2.24) is 20.6 Å². The number of nitriles is 1. The molecule has 0 radical (unpaired) electrons. The van der Waals surface area contributed by atoms with Crippen molar-refractivity contribution in [3.8, 4) is 11.8 Å². The first kappa shape index (κ1) is 18.0. The van der Waals surface area contributed by atoms with Gasteiger partial charge in [-0.3, -0.25) is 0 Å².